The van der Waals surface area contributed by atoms with Crippen LogP contribution in [0.15, 0.2) is 33.5 Å². The summed E-state index contributed by atoms with van der Waals surface area (Å²) >= 11 is 6.05. The molecule has 0 fully saturated rings. The third-order valence-electron chi connectivity index (χ3n) is 3.56. The molecule has 0 unspecified atom stereocenters. The van der Waals surface area contributed by atoms with Gasteiger partial charge in [0.05, 0.1) is 17.7 Å². The van der Waals surface area contributed by atoms with Gasteiger partial charge in [-0.25, -0.2) is 4.98 Å². The lowest BCUT2D eigenvalue weighted by Crippen LogP contribution is -2.26. The van der Waals surface area contributed by atoms with Crippen molar-refractivity contribution in [2.45, 2.75) is 19.4 Å². The molecular weight excluding hydrogens is 350 g/mol. The van der Waals surface area contributed by atoms with Crippen LogP contribution in [0.1, 0.15) is 24.3 Å². The van der Waals surface area contributed by atoms with E-state index in [0.29, 0.717) is 11.1 Å². The van der Waals surface area contributed by atoms with Crippen molar-refractivity contribution in [2.75, 3.05) is 0 Å². The van der Waals surface area contributed by atoms with Crippen molar-refractivity contribution < 1.29 is 9.34 Å². The van der Waals surface area contributed by atoms with Crippen LogP contribution in [0, 0.1) is 21.4 Å². The third kappa shape index (κ3) is 2.72. The molecule has 126 valence electrons. The Kier molecular flexibility index (Phi) is 4.21. The first-order valence-electron chi connectivity index (χ1n) is 7.17. The number of aromatic nitrogens is 3. The molecule has 0 amide bonds. The number of nitro groups is 1. The fourth-order valence-electron chi connectivity index (χ4n) is 2.40. The van der Waals surface area contributed by atoms with Crippen molar-refractivity contribution in [3.8, 4) is 6.07 Å². The summed E-state index contributed by atoms with van der Waals surface area (Å²) in [7, 11) is 0. The van der Waals surface area contributed by atoms with Crippen LogP contribution < -0.4 is 5.56 Å². The molecule has 3 rings (SSSR count). The van der Waals surface area contributed by atoms with E-state index in [-0.39, 0.29) is 18.0 Å². The second kappa shape index (κ2) is 6.33. The highest BCUT2D eigenvalue weighted by Gasteiger charge is 2.34. The third-order valence-corrected chi connectivity index (χ3v) is 3.93. The molecule has 0 radical (unpaired) electrons. The Morgan fingerprint density at radius 3 is 2.80 bits per heavy atom. The second-order valence-corrected chi connectivity index (χ2v) is 5.39. The van der Waals surface area contributed by atoms with E-state index in [2.05, 4.69) is 10.1 Å². The summed E-state index contributed by atoms with van der Waals surface area (Å²) in [4.78, 5) is 27.0. The second-order valence-electron chi connectivity index (χ2n) is 5.01. The molecule has 3 aromatic rings. The van der Waals surface area contributed by atoms with Gasteiger partial charge in [0.2, 0.25) is 5.89 Å². The number of halogens is 1. The predicted octanol–water partition coefficient (Wildman–Crippen LogP) is 2.62. The minimum Gasteiger partial charge on any atom is -0.439 e. The minimum absolute atomic E-state index is 0.0934. The smallest absolute Gasteiger partial charge is 0.395 e. The van der Waals surface area contributed by atoms with Crippen LogP contribution in [0.3, 0.4) is 0 Å². The number of fused-ring (bicyclic) bond motifs is 1. The summed E-state index contributed by atoms with van der Waals surface area (Å²) in [6.45, 7) is 1.69. The number of hydrogen-bond acceptors (Lipinski definition) is 7. The monoisotopic (exact) mass is 359 g/mol. The number of hydrogen-bond donors (Lipinski definition) is 0. The van der Waals surface area contributed by atoms with Gasteiger partial charge in [-0.1, -0.05) is 23.7 Å². The van der Waals surface area contributed by atoms with Crippen LogP contribution >= 0.6 is 11.6 Å². The fourth-order valence-corrected chi connectivity index (χ4v) is 2.69. The highest BCUT2D eigenvalue weighted by molar-refractivity contribution is 6.31. The van der Waals surface area contributed by atoms with Crippen LogP contribution in [0.2, 0.25) is 5.02 Å². The maximum Gasteiger partial charge on any atom is 0.395 e. The molecule has 0 aliphatic rings. The molecule has 9 nitrogen and oxygen atoms in total. The van der Waals surface area contributed by atoms with Gasteiger partial charge >= 0.3 is 11.4 Å². The number of benzene rings is 1. The van der Waals surface area contributed by atoms with Crippen LogP contribution in [-0.2, 0) is 6.54 Å². The van der Waals surface area contributed by atoms with Gasteiger partial charge in [-0.3, -0.25) is 4.79 Å². The Hall–Kier alpha value is -3.25. The van der Waals surface area contributed by atoms with Crippen LogP contribution in [0.25, 0.3) is 11.1 Å². The van der Waals surface area contributed by atoms with Crippen molar-refractivity contribution in [3.05, 3.63) is 61.2 Å². The summed E-state index contributed by atoms with van der Waals surface area (Å²) in [6.07, 6.45) is 0. The fraction of sp³-hybridized carbons (Fsp3) is 0.200. The lowest BCUT2D eigenvalue weighted by molar-refractivity contribution is -0.391. The number of nitriles is 1. The summed E-state index contributed by atoms with van der Waals surface area (Å²) in [5.74, 6) is -2.11. The van der Waals surface area contributed by atoms with Crippen molar-refractivity contribution >= 4 is 28.5 Å². The molecule has 0 N–H and O–H groups in total. The Balaban J connectivity index is 2.28. The summed E-state index contributed by atoms with van der Waals surface area (Å²) in [5, 5.41) is 24.2. The molecule has 1 aromatic carbocycles. The van der Waals surface area contributed by atoms with E-state index in [0.717, 1.165) is 4.68 Å². The van der Waals surface area contributed by atoms with Crippen LogP contribution in [0.4, 0.5) is 5.82 Å². The van der Waals surface area contributed by atoms with Crippen LogP contribution in [0.5, 0.6) is 0 Å². The van der Waals surface area contributed by atoms with Crippen molar-refractivity contribution in [1.29, 1.82) is 5.26 Å². The maximum atomic E-state index is 12.2. The molecule has 0 aliphatic heterocycles. The standard InChI is InChI=1S/C15H10ClN5O4/c1-2-20-15(22)12(16)11(13(19-20)21(23)24)8(7-17)14-18-9-5-3-4-6-10(9)25-14/h3-6,8H,2H2,1H3/t8-/m0/s1. The summed E-state index contributed by atoms with van der Waals surface area (Å²) < 4.78 is 6.38. The van der Waals surface area contributed by atoms with Gasteiger partial charge in [-0.15, -0.1) is 4.68 Å². The van der Waals surface area contributed by atoms with E-state index < -0.39 is 27.2 Å². The summed E-state index contributed by atoms with van der Waals surface area (Å²) in [5.41, 5.74) is -0.158. The topological polar surface area (TPSA) is 128 Å². The van der Waals surface area contributed by atoms with Crippen molar-refractivity contribution in [1.82, 2.24) is 14.8 Å². The number of nitrogens with zero attached hydrogens (tertiary/aromatic N) is 5. The molecule has 0 bridgehead atoms. The zero-order valence-electron chi connectivity index (χ0n) is 12.8. The quantitative estimate of drug-likeness (QED) is 0.517. The molecule has 0 saturated heterocycles. The first-order valence-corrected chi connectivity index (χ1v) is 7.55. The zero-order valence-corrected chi connectivity index (χ0v) is 13.6. The molecule has 1 atom stereocenters. The molecular formula is C15H10ClN5O4. The van der Waals surface area contributed by atoms with Gasteiger partial charge in [-0.05, 0) is 24.0 Å². The maximum absolute atomic E-state index is 12.2. The average Bonchev–Trinajstić information content (AvgIpc) is 3.02. The predicted molar refractivity (Wildman–Crippen MR) is 87.3 cm³/mol. The zero-order chi connectivity index (χ0) is 18.1. The Labute approximate surface area is 145 Å². The SMILES string of the molecule is CCn1nc([N+](=O)[O-])c([C@H](C#N)c2nc3ccccc3o2)c(Cl)c1=O. The lowest BCUT2D eigenvalue weighted by Gasteiger charge is -2.08. The van der Waals surface area contributed by atoms with Gasteiger partial charge in [-0.2, -0.15) is 5.26 Å². The lowest BCUT2D eigenvalue weighted by atomic mass is 10.0. The van der Waals surface area contributed by atoms with E-state index in [1.54, 1.807) is 31.2 Å². The van der Waals surface area contributed by atoms with E-state index in [4.69, 9.17) is 16.0 Å². The normalized spacial score (nSPS) is 12.0. The first kappa shape index (κ1) is 16.6. The number of rotatable bonds is 4. The number of para-hydroxylation sites is 2. The molecule has 2 aromatic heterocycles. The van der Waals surface area contributed by atoms with Gasteiger partial charge in [0, 0.05) is 0 Å². The average molecular weight is 360 g/mol. The number of oxazole rings is 1. The van der Waals surface area contributed by atoms with Crippen molar-refractivity contribution in [2.24, 2.45) is 0 Å². The molecule has 0 saturated carbocycles. The van der Waals surface area contributed by atoms with Gasteiger partial charge in [0.25, 0.3) is 0 Å². The largest absolute Gasteiger partial charge is 0.439 e. The van der Waals surface area contributed by atoms with E-state index >= 15 is 0 Å². The Bertz CT molecular complexity index is 1050. The first-order chi connectivity index (χ1) is 12.0. The van der Waals surface area contributed by atoms with Gasteiger partial charge < -0.3 is 14.5 Å². The number of aryl methyl sites for hydroxylation is 1. The van der Waals surface area contributed by atoms with E-state index in [9.17, 15) is 20.2 Å². The molecule has 0 spiro atoms. The highest BCUT2D eigenvalue weighted by atomic mass is 35.5. The van der Waals surface area contributed by atoms with E-state index in [1.165, 1.54) is 0 Å². The van der Waals surface area contributed by atoms with E-state index in [1.807, 2.05) is 6.07 Å². The summed E-state index contributed by atoms with van der Waals surface area (Å²) in [6, 6.07) is 8.62. The molecule has 10 heteroatoms. The molecule has 2 heterocycles. The minimum atomic E-state index is -1.34. The van der Waals surface area contributed by atoms with Crippen molar-refractivity contribution in [3.63, 3.8) is 0 Å². The Morgan fingerprint density at radius 2 is 2.20 bits per heavy atom. The van der Waals surface area contributed by atoms with Gasteiger partial charge in [0.1, 0.15) is 16.1 Å². The van der Waals surface area contributed by atoms with Gasteiger partial charge in [0.15, 0.2) is 11.5 Å². The molecule has 25 heavy (non-hydrogen) atoms. The van der Waals surface area contributed by atoms with Crippen LogP contribution in [-0.4, -0.2) is 19.7 Å². The highest BCUT2D eigenvalue weighted by Crippen LogP contribution is 2.34. The Morgan fingerprint density at radius 1 is 1.48 bits per heavy atom. The molecule has 0 aliphatic carbocycles.